The number of ether oxygens (including phenoxy) is 2. The van der Waals surface area contributed by atoms with E-state index in [-0.39, 0.29) is 18.4 Å². The molecule has 0 unspecified atom stereocenters. The number of para-hydroxylation sites is 1. The van der Waals surface area contributed by atoms with Gasteiger partial charge in [-0.1, -0.05) is 12.1 Å². The number of rotatable bonds is 8. The Morgan fingerprint density at radius 3 is 2.41 bits per heavy atom. The van der Waals surface area contributed by atoms with Crippen LogP contribution in [0, 0.1) is 0 Å². The van der Waals surface area contributed by atoms with Crippen molar-refractivity contribution in [3.63, 3.8) is 0 Å². The molecule has 0 saturated heterocycles. The zero-order valence-corrected chi connectivity index (χ0v) is 16.2. The van der Waals surface area contributed by atoms with Crippen molar-refractivity contribution >= 4 is 17.5 Å². The highest BCUT2D eigenvalue weighted by Crippen LogP contribution is 2.20. The van der Waals surface area contributed by atoms with Crippen LogP contribution in [-0.2, 0) is 11.3 Å². The Morgan fingerprint density at radius 2 is 1.72 bits per heavy atom. The minimum absolute atomic E-state index is 0.255. The maximum absolute atomic E-state index is 12.6. The smallest absolute Gasteiger partial charge is 0.265 e. The first-order valence-corrected chi connectivity index (χ1v) is 9.08. The highest BCUT2D eigenvalue weighted by Gasteiger charge is 2.18. The van der Waals surface area contributed by atoms with E-state index in [1.54, 1.807) is 81.0 Å². The van der Waals surface area contributed by atoms with Crippen molar-refractivity contribution in [1.29, 1.82) is 0 Å². The molecule has 0 aliphatic heterocycles. The summed E-state index contributed by atoms with van der Waals surface area (Å²) >= 11 is 0. The van der Waals surface area contributed by atoms with E-state index < -0.39 is 6.10 Å². The Balaban J connectivity index is 1.62. The van der Waals surface area contributed by atoms with Gasteiger partial charge in [-0.2, -0.15) is 0 Å². The number of anilines is 1. The topological polar surface area (TPSA) is 89.8 Å². The maximum Gasteiger partial charge on any atom is 0.265 e. The Hall–Kier alpha value is -3.74. The lowest BCUT2D eigenvalue weighted by Gasteiger charge is -2.16. The summed E-state index contributed by atoms with van der Waals surface area (Å²) in [6, 6.07) is 17.2. The van der Waals surface area contributed by atoms with E-state index in [4.69, 9.17) is 13.9 Å². The largest absolute Gasteiger partial charge is 0.497 e. The summed E-state index contributed by atoms with van der Waals surface area (Å²) in [5.41, 5.74) is 0.753. The fraction of sp³-hybridized carbons (Fsp3) is 0.182. The average molecular weight is 394 g/mol. The lowest BCUT2D eigenvalue weighted by atomic mass is 10.1. The van der Waals surface area contributed by atoms with Gasteiger partial charge in [0.05, 0.1) is 31.2 Å². The molecule has 1 atom stereocenters. The molecular weight excluding hydrogens is 372 g/mol. The van der Waals surface area contributed by atoms with Crippen LogP contribution in [0.2, 0.25) is 0 Å². The van der Waals surface area contributed by atoms with Crippen LogP contribution in [0.15, 0.2) is 71.3 Å². The number of benzene rings is 2. The molecule has 7 heteroatoms. The third-order valence-corrected chi connectivity index (χ3v) is 4.17. The minimum Gasteiger partial charge on any atom is -0.497 e. The van der Waals surface area contributed by atoms with Crippen molar-refractivity contribution in [2.45, 2.75) is 19.6 Å². The normalized spacial score (nSPS) is 11.4. The molecule has 0 spiro atoms. The molecule has 0 fully saturated rings. The number of carbonyl (C=O) groups is 2. The Kier molecular flexibility index (Phi) is 6.52. The average Bonchev–Trinajstić information content (AvgIpc) is 3.26. The molecule has 0 radical (unpaired) electrons. The predicted octanol–water partition coefficient (Wildman–Crippen LogP) is 3.62. The van der Waals surface area contributed by atoms with Crippen LogP contribution in [0.1, 0.15) is 23.0 Å². The van der Waals surface area contributed by atoms with Gasteiger partial charge >= 0.3 is 0 Å². The summed E-state index contributed by atoms with van der Waals surface area (Å²) in [6.45, 7) is 1.89. The van der Waals surface area contributed by atoms with Crippen molar-refractivity contribution in [3.05, 3.63) is 78.3 Å². The first-order chi connectivity index (χ1) is 14.1. The summed E-state index contributed by atoms with van der Waals surface area (Å²) in [6.07, 6.45) is 0.780. The van der Waals surface area contributed by atoms with Crippen molar-refractivity contribution in [2.75, 3.05) is 12.4 Å². The molecule has 150 valence electrons. The van der Waals surface area contributed by atoms with E-state index in [0.717, 1.165) is 0 Å². The van der Waals surface area contributed by atoms with Crippen LogP contribution < -0.4 is 20.1 Å². The molecule has 0 saturated carbocycles. The minimum atomic E-state index is -0.761. The number of hydrogen-bond donors (Lipinski definition) is 2. The molecule has 3 aromatic rings. The summed E-state index contributed by atoms with van der Waals surface area (Å²) in [5.74, 6) is 1.19. The number of methoxy groups -OCH3 is 1. The van der Waals surface area contributed by atoms with Gasteiger partial charge in [-0.25, -0.2) is 0 Å². The van der Waals surface area contributed by atoms with Gasteiger partial charge in [0.15, 0.2) is 6.10 Å². The summed E-state index contributed by atoms with van der Waals surface area (Å²) in [5, 5.41) is 5.52. The fourth-order valence-electron chi connectivity index (χ4n) is 2.61. The predicted molar refractivity (Wildman–Crippen MR) is 108 cm³/mol. The van der Waals surface area contributed by atoms with Crippen LogP contribution >= 0.6 is 0 Å². The van der Waals surface area contributed by atoms with Crippen molar-refractivity contribution < 1.29 is 23.5 Å². The van der Waals surface area contributed by atoms with Gasteiger partial charge in [0.2, 0.25) is 0 Å². The fourth-order valence-corrected chi connectivity index (χ4v) is 2.61. The third-order valence-electron chi connectivity index (χ3n) is 4.17. The van der Waals surface area contributed by atoms with Gasteiger partial charge in [0.25, 0.3) is 11.8 Å². The lowest BCUT2D eigenvalue weighted by Crippen LogP contribution is -2.31. The molecule has 7 nitrogen and oxygen atoms in total. The molecule has 0 aliphatic carbocycles. The van der Waals surface area contributed by atoms with Crippen LogP contribution in [0.5, 0.6) is 11.5 Å². The van der Waals surface area contributed by atoms with Crippen LogP contribution in [0.4, 0.5) is 5.69 Å². The first-order valence-electron chi connectivity index (χ1n) is 9.08. The maximum atomic E-state index is 12.6. The standard InChI is InChI=1S/C22H22N2O5/c1-15(29-17-11-9-16(27-2)10-12-17)21(25)24-20-8-4-3-7-19(20)22(26)23-14-18-6-5-13-28-18/h3-13,15H,14H2,1-2H3,(H,23,26)(H,24,25)/t15-/m0/s1. The number of nitrogens with one attached hydrogen (secondary N) is 2. The van der Waals surface area contributed by atoms with Crippen LogP contribution in [0.25, 0.3) is 0 Å². The van der Waals surface area contributed by atoms with Crippen LogP contribution in [-0.4, -0.2) is 25.0 Å². The number of furan rings is 1. The zero-order valence-electron chi connectivity index (χ0n) is 16.2. The molecule has 2 N–H and O–H groups in total. The molecular formula is C22H22N2O5. The van der Waals surface area contributed by atoms with Gasteiger partial charge in [-0.05, 0) is 55.5 Å². The monoisotopic (exact) mass is 394 g/mol. The second-order valence-electron chi connectivity index (χ2n) is 6.23. The van der Waals surface area contributed by atoms with Crippen molar-refractivity contribution in [1.82, 2.24) is 5.32 Å². The van der Waals surface area contributed by atoms with Gasteiger partial charge in [-0.15, -0.1) is 0 Å². The second-order valence-corrected chi connectivity index (χ2v) is 6.23. The highest BCUT2D eigenvalue weighted by atomic mass is 16.5. The van der Waals surface area contributed by atoms with E-state index in [9.17, 15) is 9.59 Å². The zero-order chi connectivity index (χ0) is 20.6. The second kappa shape index (κ2) is 9.45. The highest BCUT2D eigenvalue weighted by molar-refractivity contribution is 6.04. The van der Waals surface area contributed by atoms with E-state index in [2.05, 4.69) is 10.6 Å². The summed E-state index contributed by atoms with van der Waals surface area (Å²) in [7, 11) is 1.58. The van der Waals surface area contributed by atoms with E-state index in [1.807, 2.05) is 0 Å². The number of hydrogen-bond acceptors (Lipinski definition) is 5. The van der Waals surface area contributed by atoms with Crippen molar-refractivity contribution in [2.24, 2.45) is 0 Å². The lowest BCUT2D eigenvalue weighted by molar-refractivity contribution is -0.122. The van der Waals surface area contributed by atoms with Gasteiger partial charge < -0.3 is 24.5 Å². The first kappa shape index (κ1) is 20.0. The Labute approximate surface area is 168 Å². The van der Waals surface area contributed by atoms with E-state index in [0.29, 0.717) is 28.5 Å². The SMILES string of the molecule is COc1ccc(O[C@@H](C)C(=O)Nc2ccccc2C(=O)NCc2ccco2)cc1. The quantitative estimate of drug-likeness (QED) is 0.609. The van der Waals surface area contributed by atoms with E-state index >= 15 is 0 Å². The molecule has 1 heterocycles. The molecule has 1 aromatic heterocycles. The molecule has 0 aliphatic rings. The number of amides is 2. The van der Waals surface area contributed by atoms with E-state index in [1.165, 1.54) is 0 Å². The van der Waals surface area contributed by atoms with Crippen LogP contribution in [0.3, 0.4) is 0 Å². The third kappa shape index (κ3) is 5.38. The molecule has 0 bridgehead atoms. The van der Waals surface area contributed by atoms with Crippen molar-refractivity contribution in [3.8, 4) is 11.5 Å². The Bertz CT molecular complexity index is 952. The molecule has 2 amide bonds. The Morgan fingerprint density at radius 1 is 1.00 bits per heavy atom. The number of carbonyl (C=O) groups excluding carboxylic acids is 2. The van der Waals surface area contributed by atoms with Gasteiger partial charge in [0.1, 0.15) is 17.3 Å². The molecule has 29 heavy (non-hydrogen) atoms. The molecule has 2 aromatic carbocycles. The van der Waals surface area contributed by atoms with Gasteiger partial charge in [-0.3, -0.25) is 9.59 Å². The molecule has 3 rings (SSSR count). The van der Waals surface area contributed by atoms with Gasteiger partial charge in [0, 0.05) is 0 Å². The summed E-state index contributed by atoms with van der Waals surface area (Å²) in [4.78, 5) is 25.1. The summed E-state index contributed by atoms with van der Waals surface area (Å²) < 4.78 is 16.0.